The molecule has 2 nitrogen and oxygen atoms in total. The summed E-state index contributed by atoms with van der Waals surface area (Å²) in [4.78, 5) is 0. The highest BCUT2D eigenvalue weighted by molar-refractivity contribution is 5.85. The minimum absolute atomic E-state index is 0. The lowest BCUT2D eigenvalue weighted by Gasteiger charge is -2.22. The van der Waals surface area contributed by atoms with Gasteiger partial charge in [0.1, 0.15) is 0 Å². The zero-order chi connectivity index (χ0) is 6.43. The van der Waals surface area contributed by atoms with E-state index in [9.17, 15) is 5.11 Å². The molecule has 0 spiro atoms. The fourth-order valence-electron chi connectivity index (χ4n) is 2.31. The monoisotopic (exact) mass is 163 g/mol. The molecule has 0 saturated heterocycles. The number of rotatable bonds is 0. The maximum absolute atomic E-state index is 9.36. The Balaban J connectivity index is 0.000000500. The Kier molecular flexibility index (Phi) is 2.23. The summed E-state index contributed by atoms with van der Waals surface area (Å²) in [6.45, 7) is 0. The van der Waals surface area contributed by atoms with Gasteiger partial charge in [-0.1, -0.05) is 0 Å². The lowest BCUT2D eigenvalue weighted by Crippen LogP contribution is -2.39. The van der Waals surface area contributed by atoms with Crippen LogP contribution in [-0.4, -0.2) is 17.3 Å². The smallest absolute Gasteiger partial charge is 0.0721 e. The van der Waals surface area contributed by atoms with Gasteiger partial charge in [0, 0.05) is 6.04 Å². The topological polar surface area (TPSA) is 46.2 Å². The molecule has 60 valence electrons. The summed E-state index contributed by atoms with van der Waals surface area (Å²) in [5.74, 6) is 1.19. The van der Waals surface area contributed by atoms with Gasteiger partial charge in [-0.25, -0.2) is 0 Å². The van der Waals surface area contributed by atoms with Crippen molar-refractivity contribution < 1.29 is 5.11 Å². The minimum Gasteiger partial charge on any atom is -0.391 e. The number of nitrogens with two attached hydrogens (primary N) is 1. The van der Waals surface area contributed by atoms with E-state index in [1.807, 2.05) is 0 Å². The van der Waals surface area contributed by atoms with E-state index in [0.717, 1.165) is 0 Å². The van der Waals surface area contributed by atoms with Crippen molar-refractivity contribution in [3.63, 3.8) is 0 Å². The average molecular weight is 164 g/mol. The molecule has 0 aromatic heterocycles. The van der Waals surface area contributed by atoms with E-state index in [-0.39, 0.29) is 24.6 Å². The van der Waals surface area contributed by atoms with Gasteiger partial charge in [-0.3, -0.25) is 0 Å². The number of aliphatic hydroxyl groups excluding tert-OH is 1. The molecule has 2 aliphatic rings. The second kappa shape index (κ2) is 2.68. The lowest BCUT2D eigenvalue weighted by atomic mass is 9.94. The molecule has 0 amide bonds. The van der Waals surface area contributed by atoms with Crippen LogP contribution in [0, 0.1) is 11.8 Å². The van der Waals surface area contributed by atoms with Crippen molar-refractivity contribution in [2.45, 2.75) is 31.4 Å². The molecule has 3 heteroatoms. The van der Waals surface area contributed by atoms with Crippen LogP contribution in [-0.2, 0) is 0 Å². The molecular formula is C7H14ClNO. The third-order valence-electron chi connectivity index (χ3n) is 2.94. The quantitative estimate of drug-likeness (QED) is 0.547. The zero-order valence-electron chi connectivity index (χ0n) is 5.86. The molecule has 0 unspecified atom stereocenters. The van der Waals surface area contributed by atoms with E-state index in [2.05, 4.69) is 0 Å². The molecule has 0 radical (unpaired) electrons. The molecule has 3 N–H and O–H groups in total. The zero-order valence-corrected chi connectivity index (χ0v) is 6.68. The van der Waals surface area contributed by atoms with E-state index in [4.69, 9.17) is 5.73 Å². The Morgan fingerprint density at radius 3 is 2.10 bits per heavy atom. The van der Waals surface area contributed by atoms with Gasteiger partial charge >= 0.3 is 0 Å². The summed E-state index contributed by atoms with van der Waals surface area (Å²) >= 11 is 0. The number of hydrogen-bond acceptors (Lipinski definition) is 2. The number of halogens is 1. The third-order valence-corrected chi connectivity index (χ3v) is 2.94. The van der Waals surface area contributed by atoms with Crippen LogP contribution in [0.5, 0.6) is 0 Å². The van der Waals surface area contributed by atoms with Crippen molar-refractivity contribution in [2.75, 3.05) is 0 Å². The van der Waals surface area contributed by atoms with Crippen molar-refractivity contribution in [3.05, 3.63) is 0 Å². The van der Waals surface area contributed by atoms with Gasteiger partial charge in [-0.15, -0.1) is 12.4 Å². The summed E-state index contributed by atoms with van der Waals surface area (Å²) in [6, 6.07) is 0.101. The average Bonchev–Trinajstić information content (AvgIpc) is 2.37. The first-order valence-electron chi connectivity index (χ1n) is 3.72. The van der Waals surface area contributed by atoms with E-state index >= 15 is 0 Å². The molecule has 2 aliphatic carbocycles. The molecule has 0 aromatic carbocycles. The number of hydrogen-bond donors (Lipinski definition) is 2. The first kappa shape index (κ1) is 8.31. The molecule has 2 saturated carbocycles. The molecule has 0 aliphatic heterocycles. The third kappa shape index (κ3) is 0.949. The Morgan fingerprint density at radius 1 is 1.20 bits per heavy atom. The molecule has 2 bridgehead atoms. The van der Waals surface area contributed by atoms with Crippen molar-refractivity contribution >= 4 is 12.4 Å². The highest BCUT2D eigenvalue weighted by Gasteiger charge is 2.44. The van der Waals surface area contributed by atoms with E-state index in [1.165, 1.54) is 19.3 Å². The molecule has 10 heavy (non-hydrogen) atoms. The molecule has 0 aromatic rings. The van der Waals surface area contributed by atoms with E-state index in [0.29, 0.717) is 11.8 Å². The van der Waals surface area contributed by atoms with E-state index < -0.39 is 0 Å². The summed E-state index contributed by atoms with van der Waals surface area (Å²) in [6.07, 6.45) is 3.47. The molecule has 4 atom stereocenters. The minimum atomic E-state index is -0.177. The van der Waals surface area contributed by atoms with Crippen LogP contribution in [0.4, 0.5) is 0 Å². The standard InChI is InChI=1S/C7H13NO.ClH/c8-6-4-1-2-5(3-4)7(6)9;/h4-7,9H,1-3,8H2;1H/t4-,5+,6+,7+;/m1./s1. The van der Waals surface area contributed by atoms with Gasteiger partial charge in [-0.05, 0) is 31.1 Å². The summed E-state index contributed by atoms with van der Waals surface area (Å²) in [7, 11) is 0. The van der Waals surface area contributed by atoms with Crippen LogP contribution < -0.4 is 5.73 Å². The number of aliphatic hydroxyl groups is 1. The van der Waals surface area contributed by atoms with Crippen LogP contribution >= 0.6 is 12.4 Å². The summed E-state index contributed by atoms with van der Waals surface area (Å²) in [5.41, 5.74) is 5.71. The van der Waals surface area contributed by atoms with Crippen molar-refractivity contribution in [3.8, 4) is 0 Å². The fourth-order valence-corrected chi connectivity index (χ4v) is 2.31. The summed E-state index contributed by atoms with van der Waals surface area (Å²) in [5, 5.41) is 9.36. The predicted molar refractivity (Wildman–Crippen MR) is 42.1 cm³/mol. The molecule has 2 fully saturated rings. The van der Waals surface area contributed by atoms with Crippen LogP contribution in [0.25, 0.3) is 0 Å². The maximum atomic E-state index is 9.36. The predicted octanol–water partition coefficient (Wildman–Crippen LogP) is 0.526. The van der Waals surface area contributed by atoms with Crippen molar-refractivity contribution in [1.82, 2.24) is 0 Å². The molecule has 2 rings (SSSR count). The number of fused-ring (bicyclic) bond motifs is 2. The maximum Gasteiger partial charge on any atom is 0.0721 e. The van der Waals surface area contributed by atoms with Crippen molar-refractivity contribution in [2.24, 2.45) is 17.6 Å². The Labute approximate surface area is 67.2 Å². The first-order valence-corrected chi connectivity index (χ1v) is 3.72. The van der Waals surface area contributed by atoms with Gasteiger partial charge in [-0.2, -0.15) is 0 Å². The van der Waals surface area contributed by atoms with Crippen LogP contribution in [0.2, 0.25) is 0 Å². The Bertz CT molecular complexity index is 113. The second-order valence-corrected chi connectivity index (χ2v) is 3.40. The van der Waals surface area contributed by atoms with Gasteiger partial charge in [0.15, 0.2) is 0 Å². The Morgan fingerprint density at radius 2 is 1.80 bits per heavy atom. The second-order valence-electron chi connectivity index (χ2n) is 3.40. The fraction of sp³-hybridized carbons (Fsp3) is 1.00. The largest absolute Gasteiger partial charge is 0.391 e. The summed E-state index contributed by atoms with van der Waals surface area (Å²) < 4.78 is 0. The van der Waals surface area contributed by atoms with E-state index in [1.54, 1.807) is 0 Å². The first-order chi connectivity index (χ1) is 4.29. The highest BCUT2D eigenvalue weighted by atomic mass is 35.5. The highest BCUT2D eigenvalue weighted by Crippen LogP contribution is 2.43. The van der Waals surface area contributed by atoms with Gasteiger partial charge < -0.3 is 10.8 Å². The van der Waals surface area contributed by atoms with Crippen LogP contribution in [0.1, 0.15) is 19.3 Å². The normalized spacial score (nSPS) is 51.0. The molecule has 0 heterocycles. The Hall–Kier alpha value is 0.210. The SMILES string of the molecule is Cl.N[C@H]1[C@@H]2CC[C@@H](C2)[C@@H]1O. The van der Waals surface area contributed by atoms with Gasteiger partial charge in [0.05, 0.1) is 6.10 Å². The van der Waals surface area contributed by atoms with Gasteiger partial charge in [0.25, 0.3) is 0 Å². The van der Waals surface area contributed by atoms with Crippen LogP contribution in [0.3, 0.4) is 0 Å². The van der Waals surface area contributed by atoms with Crippen LogP contribution in [0.15, 0.2) is 0 Å². The van der Waals surface area contributed by atoms with Gasteiger partial charge in [0.2, 0.25) is 0 Å². The molecular weight excluding hydrogens is 150 g/mol. The lowest BCUT2D eigenvalue weighted by molar-refractivity contribution is 0.0944. The van der Waals surface area contributed by atoms with Crippen molar-refractivity contribution in [1.29, 1.82) is 0 Å².